The highest BCUT2D eigenvalue weighted by Gasteiger charge is 2.04. The Morgan fingerprint density at radius 2 is 2.31 bits per heavy atom. The van der Waals surface area contributed by atoms with Crippen LogP contribution < -0.4 is 16.2 Å². The molecular formula is C11H14N4S. The molecule has 2 rings (SSSR count). The second-order valence-electron chi connectivity index (χ2n) is 3.51. The Bertz CT molecular complexity index is 441. The Balaban J connectivity index is 2.11. The molecule has 0 aromatic carbocycles. The van der Waals surface area contributed by atoms with E-state index in [0.717, 1.165) is 12.4 Å². The lowest BCUT2D eigenvalue weighted by Crippen LogP contribution is -2.18. The van der Waals surface area contributed by atoms with E-state index in [2.05, 4.69) is 32.1 Å². The van der Waals surface area contributed by atoms with Crippen LogP contribution in [0.15, 0.2) is 35.0 Å². The first-order valence-electron chi connectivity index (χ1n) is 4.95. The second kappa shape index (κ2) is 4.96. The number of aromatic nitrogens is 1. The zero-order chi connectivity index (χ0) is 11.4. The lowest BCUT2D eigenvalue weighted by Gasteiger charge is -2.17. The fourth-order valence-corrected chi connectivity index (χ4v) is 2.11. The molecule has 0 unspecified atom stereocenters. The fraction of sp³-hybridized carbons (Fsp3) is 0.182. The van der Waals surface area contributed by atoms with Crippen molar-refractivity contribution in [2.24, 2.45) is 5.84 Å². The quantitative estimate of drug-likeness (QED) is 0.628. The van der Waals surface area contributed by atoms with Crippen LogP contribution in [0.1, 0.15) is 5.56 Å². The zero-order valence-electron chi connectivity index (χ0n) is 9.05. The Kier molecular flexibility index (Phi) is 3.38. The molecule has 0 saturated heterocycles. The van der Waals surface area contributed by atoms with Gasteiger partial charge in [0.1, 0.15) is 11.6 Å². The first kappa shape index (κ1) is 10.9. The maximum atomic E-state index is 5.33. The minimum Gasteiger partial charge on any atom is -0.355 e. The van der Waals surface area contributed by atoms with Crippen molar-refractivity contribution in [2.45, 2.75) is 6.54 Å². The summed E-state index contributed by atoms with van der Waals surface area (Å²) < 4.78 is 0. The van der Waals surface area contributed by atoms with E-state index in [4.69, 9.17) is 5.84 Å². The average Bonchev–Trinajstić information content (AvgIpc) is 2.82. The van der Waals surface area contributed by atoms with Crippen LogP contribution >= 0.6 is 11.3 Å². The van der Waals surface area contributed by atoms with Gasteiger partial charge in [-0.15, -0.1) is 0 Å². The van der Waals surface area contributed by atoms with E-state index in [1.165, 1.54) is 5.56 Å². The molecule has 5 heteroatoms. The van der Waals surface area contributed by atoms with Crippen LogP contribution in [0.25, 0.3) is 0 Å². The Labute approximate surface area is 98.7 Å². The molecule has 16 heavy (non-hydrogen) atoms. The molecular weight excluding hydrogens is 220 g/mol. The van der Waals surface area contributed by atoms with Gasteiger partial charge in [-0.1, -0.05) is 6.07 Å². The molecule has 0 radical (unpaired) electrons. The highest BCUT2D eigenvalue weighted by molar-refractivity contribution is 7.07. The van der Waals surface area contributed by atoms with Crippen LogP contribution in [-0.2, 0) is 6.54 Å². The largest absolute Gasteiger partial charge is 0.355 e. The smallest absolute Gasteiger partial charge is 0.142 e. The summed E-state index contributed by atoms with van der Waals surface area (Å²) in [5.74, 6) is 6.91. The number of nitrogens with zero attached hydrogens (tertiary/aromatic N) is 2. The van der Waals surface area contributed by atoms with Crippen LogP contribution in [0.5, 0.6) is 0 Å². The number of anilines is 2. The van der Waals surface area contributed by atoms with Gasteiger partial charge in [-0.25, -0.2) is 10.8 Å². The van der Waals surface area contributed by atoms with Gasteiger partial charge >= 0.3 is 0 Å². The van der Waals surface area contributed by atoms with Crippen molar-refractivity contribution >= 4 is 23.0 Å². The van der Waals surface area contributed by atoms with Gasteiger partial charge in [0, 0.05) is 13.6 Å². The van der Waals surface area contributed by atoms with E-state index in [1.807, 2.05) is 25.2 Å². The number of hydrogen-bond acceptors (Lipinski definition) is 5. The zero-order valence-corrected chi connectivity index (χ0v) is 9.87. The SMILES string of the molecule is CN(Cc1ccsc1)c1cccc(NN)n1. The molecule has 2 aromatic rings. The number of hydrazine groups is 1. The molecule has 0 spiro atoms. The summed E-state index contributed by atoms with van der Waals surface area (Å²) in [6.45, 7) is 0.852. The summed E-state index contributed by atoms with van der Waals surface area (Å²) in [5.41, 5.74) is 3.84. The molecule has 3 N–H and O–H groups in total. The van der Waals surface area contributed by atoms with E-state index < -0.39 is 0 Å². The molecule has 84 valence electrons. The lowest BCUT2D eigenvalue weighted by molar-refractivity contribution is 0.902. The monoisotopic (exact) mass is 234 g/mol. The van der Waals surface area contributed by atoms with Crippen LogP contribution in [0.3, 0.4) is 0 Å². The predicted octanol–water partition coefficient (Wildman–Crippen LogP) is 2.07. The third-order valence-corrected chi connectivity index (χ3v) is 3.01. The number of pyridine rings is 1. The fourth-order valence-electron chi connectivity index (χ4n) is 1.45. The number of rotatable bonds is 4. The van der Waals surface area contributed by atoms with Crippen LogP contribution in [0.4, 0.5) is 11.6 Å². The van der Waals surface area contributed by atoms with Crippen molar-refractivity contribution in [3.8, 4) is 0 Å². The van der Waals surface area contributed by atoms with Crippen LogP contribution in [-0.4, -0.2) is 12.0 Å². The maximum absolute atomic E-state index is 5.33. The van der Waals surface area contributed by atoms with Crippen LogP contribution in [0.2, 0.25) is 0 Å². The summed E-state index contributed by atoms with van der Waals surface area (Å²) in [4.78, 5) is 6.45. The maximum Gasteiger partial charge on any atom is 0.142 e. The molecule has 0 fully saturated rings. The first-order valence-corrected chi connectivity index (χ1v) is 5.90. The Morgan fingerprint density at radius 1 is 1.44 bits per heavy atom. The van der Waals surface area contributed by atoms with Gasteiger partial charge in [-0.2, -0.15) is 11.3 Å². The number of thiophene rings is 1. The summed E-state index contributed by atoms with van der Waals surface area (Å²) in [6, 6.07) is 7.85. The van der Waals surface area contributed by atoms with Crippen molar-refractivity contribution in [3.05, 3.63) is 40.6 Å². The van der Waals surface area contributed by atoms with E-state index in [9.17, 15) is 0 Å². The third-order valence-electron chi connectivity index (χ3n) is 2.27. The van der Waals surface area contributed by atoms with Crippen molar-refractivity contribution in [1.29, 1.82) is 0 Å². The second-order valence-corrected chi connectivity index (χ2v) is 4.29. The molecule has 2 heterocycles. The summed E-state index contributed by atoms with van der Waals surface area (Å²) >= 11 is 1.71. The summed E-state index contributed by atoms with van der Waals surface area (Å²) in [7, 11) is 2.01. The first-order chi connectivity index (χ1) is 7.79. The normalized spacial score (nSPS) is 10.1. The average molecular weight is 234 g/mol. The van der Waals surface area contributed by atoms with Crippen LogP contribution in [0, 0.1) is 0 Å². The van der Waals surface area contributed by atoms with Gasteiger partial charge < -0.3 is 10.3 Å². The van der Waals surface area contributed by atoms with Gasteiger partial charge in [0.15, 0.2) is 0 Å². The predicted molar refractivity (Wildman–Crippen MR) is 68.5 cm³/mol. The minimum atomic E-state index is 0.676. The molecule has 0 saturated carbocycles. The van der Waals surface area contributed by atoms with E-state index in [0.29, 0.717) is 5.82 Å². The Morgan fingerprint density at radius 3 is 3.00 bits per heavy atom. The summed E-state index contributed by atoms with van der Waals surface area (Å²) in [6.07, 6.45) is 0. The van der Waals surface area contributed by atoms with E-state index in [-0.39, 0.29) is 0 Å². The van der Waals surface area contributed by atoms with Crippen molar-refractivity contribution < 1.29 is 0 Å². The minimum absolute atomic E-state index is 0.676. The molecule has 0 atom stereocenters. The van der Waals surface area contributed by atoms with Gasteiger partial charge in [-0.3, -0.25) is 0 Å². The highest BCUT2D eigenvalue weighted by atomic mass is 32.1. The van der Waals surface area contributed by atoms with Gasteiger partial charge in [-0.05, 0) is 34.5 Å². The topological polar surface area (TPSA) is 54.2 Å². The number of nitrogen functional groups attached to an aromatic ring is 1. The van der Waals surface area contributed by atoms with E-state index in [1.54, 1.807) is 11.3 Å². The van der Waals surface area contributed by atoms with Crippen molar-refractivity contribution in [3.63, 3.8) is 0 Å². The molecule has 2 aromatic heterocycles. The number of nitrogens with one attached hydrogen (secondary N) is 1. The molecule has 0 aliphatic rings. The molecule has 0 aliphatic carbocycles. The molecule has 0 aliphatic heterocycles. The number of hydrogen-bond donors (Lipinski definition) is 2. The standard InChI is InChI=1S/C11H14N4S/c1-15(7-9-5-6-16-8-9)11-4-2-3-10(13-11)14-12/h2-6,8H,7,12H2,1H3,(H,13,14). The van der Waals surface area contributed by atoms with Gasteiger partial charge in [0.05, 0.1) is 0 Å². The van der Waals surface area contributed by atoms with Crippen molar-refractivity contribution in [1.82, 2.24) is 4.98 Å². The molecule has 0 bridgehead atoms. The lowest BCUT2D eigenvalue weighted by atomic mass is 10.3. The number of nitrogens with two attached hydrogens (primary N) is 1. The highest BCUT2D eigenvalue weighted by Crippen LogP contribution is 2.16. The van der Waals surface area contributed by atoms with Crippen molar-refractivity contribution in [2.75, 3.05) is 17.4 Å². The van der Waals surface area contributed by atoms with Gasteiger partial charge in [0.2, 0.25) is 0 Å². The Hall–Kier alpha value is -1.59. The van der Waals surface area contributed by atoms with E-state index >= 15 is 0 Å². The molecule has 4 nitrogen and oxygen atoms in total. The summed E-state index contributed by atoms with van der Waals surface area (Å²) in [5, 5.41) is 4.22. The third kappa shape index (κ3) is 2.50. The van der Waals surface area contributed by atoms with Gasteiger partial charge in [0.25, 0.3) is 0 Å². The molecule has 0 amide bonds.